The molecule has 0 unspecified atom stereocenters. The van der Waals surface area contributed by atoms with Gasteiger partial charge in [-0.05, 0) is 37.5 Å². The SMILES string of the molecule is Cc1cc(C)c(S(=O)(=O)[O-])c(C)c1.N[n+]1ccc(CO)cc1. The van der Waals surface area contributed by atoms with Gasteiger partial charge in [-0.25, -0.2) is 14.3 Å². The standard InChI is InChI=1S/C9H12O3S.C6H9N2O/c1-6-4-7(2)9(8(3)5-6)13(10,11)12;7-8-3-1-6(5-9)2-4-8/h4-5H,1-3H3,(H,10,11,12);1-4,9H,5,7H2/q;+1/p-1. The van der Waals surface area contributed by atoms with E-state index in [0.29, 0.717) is 11.1 Å². The molecular weight excluding hydrogens is 304 g/mol. The Hall–Kier alpha value is -1.96. The van der Waals surface area contributed by atoms with Gasteiger partial charge in [-0.2, -0.15) is 0 Å². The van der Waals surface area contributed by atoms with Crippen LogP contribution >= 0.6 is 0 Å². The third kappa shape index (κ3) is 5.10. The highest BCUT2D eigenvalue weighted by Gasteiger charge is 2.09. The van der Waals surface area contributed by atoms with E-state index in [1.54, 1.807) is 50.5 Å². The van der Waals surface area contributed by atoms with Gasteiger partial charge in [0, 0.05) is 12.1 Å². The molecule has 3 N–H and O–H groups in total. The number of nitrogens with two attached hydrogens (primary N) is 1. The maximum atomic E-state index is 10.8. The summed E-state index contributed by atoms with van der Waals surface area (Å²) in [6.45, 7) is 5.19. The first-order valence-electron chi connectivity index (χ1n) is 6.55. The van der Waals surface area contributed by atoms with Crippen LogP contribution in [0.5, 0.6) is 0 Å². The number of hydrogen-bond donors (Lipinski definition) is 2. The minimum absolute atomic E-state index is 0.0703. The molecule has 1 aromatic heterocycles. The van der Waals surface area contributed by atoms with Crippen molar-refractivity contribution in [1.29, 1.82) is 0 Å². The average Bonchev–Trinajstić information content (AvgIpc) is 2.37. The van der Waals surface area contributed by atoms with Crippen LogP contribution < -0.4 is 10.5 Å². The van der Waals surface area contributed by atoms with E-state index in [1.165, 1.54) is 4.68 Å². The Bertz CT molecular complexity index is 718. The Morgan fingerprint density at radius 2 is 1.59 bits per heavy atom. The first kappa shape index (κ1) is 18.1. The van der Waals surface area contributed by atoms with Crippen molar-refractivity contribution >= 4 is 10.1 Å². The monoisotopic (exact) mass is 324 g/mol. The molecule has 120 valence electrons. The third-order valence-electron chi connectivity index (χ3n) is 2.96. The molecule has 0 spiro atoms. The van der Waals surface area contributed by atoms with Gasteiger partial charge in [-0.3, -0.25) is 0 Å². The highest BCUT2D eigenvalue weighted by atomic mass is 32.2. The van der Waals surface area contributed by atoms with E-state index in [9.17, 15) is 13.0 Å². The molecule has 0 saturated heterocycles. The summed E-state index contributed by atoms with van der Waals surface area (Å²) in [4.78, 5) is -0.0851. The zero-order valence-corrected chi connectivity index (χ0v) is 13.6. The number of aryl methyl sites for hydroxylation is 3. The molecule has 2 aromatic rings. The predicted molar refractivity (Wildman–Crippen MR) is 81.3 cm³/mol. The molecule has 0 aliphatic heterocycles. The van der Waals surface area contributed by atoms with E-state index < -0.39 is 10.1 Å². The van der Waals surface area contributed by atoms with Gasteiger partial charge in [0.1, 0.15) is 10.1 Å². The molecule has 0 radical (unpaired) electrons. The van der Waals surface area contributed by atoms with E-state index in [4.69, 9.17) is 10.9 Å². The minimum atomic E-state index is -4.33. The van der Waals surface area contributed by atoms with Gasteiger partial charge in [-0.1, -0.05) is 22.4 Å². The van der Waals surface area contributed by atoms with Crippen LogP contribution in [0.25, 0.3) is 0 Å². The van der Waals surface area contributed by atoms with Gasteiger partial charge >= 0.3 is 0 Å². The third-order valence-corrected chi connectivity index (χ3v) is 4.10. The van der Waals surface area contributed by atoms with Crippen molar-refractivity contribution in [3.8, 4) is 0 Å². The number of benzene rings is 1. The summed E-state index contributed by atoms with van der Waals surface area (Å²) in [5.74, 6) is 5.32. The van der Waals surface area contributed by atoms with E-state index in [0.717, 1.165) is 11.1 Å². The summed E-state index contributed by atoms with van der Waals surface area (Å²) in [6.07, 6.45) is 3.37. The summed E-state index contributed by atoms with van der Waals surface area (Å²) in [5, 5.41) is 8.58. The van der Waals surface area contributed by atoms with E-state index in [2.05, 4.69) is 0 Å². The second kappa shape index (κ2) is 7.35. The molecule has 6 nitrogen and oxygen atoms in total. The zero-order valence-electron chi connectivity index (χ0n) is 12.8. The molecule has 0 aliphatic carbocycles. The maximum Gasteiger partial charge on any atom is 0.199 e. The van der Waals surface area contributed by atoms with E-state index >= 15 is 0 Å². The van der Waals surface area contributed by atoms with Gasteiger partial charge in [0.05, 0.1) is 11.5 Å². The Morgan fingerprint density at radius 1 is 1.14 bits per heavy atom. The summed E-state index contributed by atoms with van der Waals surface area (Å²) in [7, 11) is -4.33. The molecule has 2 rings (SSSR count). The topological polar surface area (TPSA) is 107 Å². The Balaban J connectivity index is 0.000000235. The van der Waals surface area contributed by atoms with Gasteiger partial charge in [0.2, 0.25) is 0 Å². The van der Waals surface area contributed by atoms with Crippen molar-refractivity contribution in [2.24, 2.45) is 0 Å². The molecule has 0 bridgehead atoms. The number of nitrogen functional groups attached to an aromatic ring is 1. The van der Waals surface area contributed by atoms with Crippen LogP contribution in [0.2, 0.25) is 0 Å². The number of pyridine rings is 1. The second-order valence-corrected chi connectivity index (χ2v) is 6.31. The molecule has 0 atom stereocenters. The van der Waals surface area contributed by atoms with Crippen LogP contribution in [0, 0.1) is 20.8 Å². The summed E-state index contributed by atoms with van der Waals surface area (Å²) < 4.78 is 33.9. The Labute approximate surface area is 130 Å². The summed E-state index contributed by atoms with van der Waals surface area (Å²) in [6, 6.07) is 6.91. The van der Waals surface area contributed by atoms with E-state index in [-0.39, 0.29) is 11.5 Å². The highest BCUT2D eigenvalue weighted by molar-refractivity contribution is 7.85. The van der Waals surface area contributed by atoms with Crippen LogP contribution in [0.1, 0.15) is 22.3 Å². The largest absolute Gasteiger partial charge is 0.744 e. The van der Waals surface area contributed by atoms with Gasteiger partial charge in [0.15, 0.2) is 12.4 Å². The number of nitrogens with zero attached hydrogens (tertiary/aromatic N) is 1. The molecule has 0 aliphatic rings. The molecule has 0 amide bonds. The molecule has 0 saturated carbocycles. The van der Waals surface area contributed by atoms with Crippen molar-refractivity contribution in [3.05, 3.63) is 58.9 Å². The van der Waals surface area contributed by atoms with Crippen molar-refractivity contribution < 1.29 is 22.8 Å². The predicted octanol–water partition coefficient (Wildman–Crippen LogP) is 0.696. The smallest absolute Gasteiger partial charge is 0.199 e. The van der Waals surface area contributed by atoms with Gasteiger partial charge in [-0.15, -0.1) is 0 Å². The van der Waals surface area contributed by atoms with Crippen molar-refractivity contribution in [2.75, 3.05) is 5.84 Å². The fraction of sp³-hybridized carbons (Fsp3) is 0.267. The molecule has 1 heterocycles. The van der Waals surface area contributed by atoms with Gasteiger partial charge in [0.25, 0.3) is 0 Å². The molecule has 1 aromatic carbocycles. The average molecular weight is 324 g/mol. The number of aliphatic hydroxyl groups excluding tert-OH is 1. The molecular formula is C15H20N2O4S. The van der Waals surface area contributed by atoms with Crippen molar-refractivity contribution in [2.45, 2.75) is 32.3 Å². The van der Waals surface area contributed by atoms with Crippen LogP contribution in [0.3, 0.4) is 0 Å². The van der Waals surface area contributed by atoms with Gasteiger partial charge < -0.3 is 9.66 Å². The number of aromatic nitrogens is 1. The van der Waals surface area contributed by atoms with Crippen LogP contribution in [-0.4, -0.2) is 18.1 Å². The fourth-order valence-corrected chi connectivity index (χ4v) is 3.04. The Kier molecular flexibility index (Phi) is 6.04. The summed E-state index contributed by atoms with van der Waals surface area (Å²) in [5.41, 5.74) is 2.87. The normalized spacial score (nSPS) is 10.8. The second-order valence-electron chi connectivity index (χ2n) is 4.99. The minimum Gasteiger partial charge on any atom is -0.744 e. The highest BCUT2D eigenvalue weighted by Crippen LogP contribution is 2.20. The number of hydrogen-bond acceptors (Lipinski definition) is 5. The number of aliphatic hydroxyl groups is 1. The first-order chi connectivity index (χ1) is 10.1. The lowest BCUT2D eigenvalue weighted by molar-refractivity contribution is -0.639. The first-order valence-corrected chi connectivity index (χ1v) is 7.96. The summed E-state index contributed by atoms with van der Waals surface area (Å²) >= 11 is 0. The lowest BCUT2D eigenvalue weighted by atomic mass is 10.1. The van der Waals surface area contributed by atoms with Crippen LogP contribution in [0.4, 0.5) is 0 Å². The molecule has 0 fully saturated rings. The molecule has 7 heteroatoms. The quantitative estimate of drug-likeness (QED) is 0.480. The van der Waals surface area contributed by atoms with E-state index in [1.807, 2.05) is 6.92 Å². The van der Waals surface area contributed by atoms with Crippen molar-refractivity contribution in [1.82, 2.24) is 0 Å². The zero-order chi connectivity index (χ0) is 16.9. The lowest BCUT2D eigenvalue weighted by Crippen LogP contribution is -2.43. The van der Waals surface area contributed by atoms with Crippen LogP contribution in [0.15, 0.2) is 41.6 Å². The van der Waals surface area contributed by atoms with Crippen molar-refractivity contribution in [3.63, 3.8) is 0 Å². The number of rotatable bonds is 2. The molecule has 22 heavy (non-hydrogen) atoms. The maximum absolute atomic E-state index is 10.8. The fourth-order valence-electron chi connectivity index (χ4n) is 2.14. The lowest BCUT2D eigenvalue weighted by Gasteiger charge is -2.14. The van der Waals surface area contributed by atoms with Crippen LogP contribution in [-0.2, 0) is 16.7 Å². The Morgan fingerprint density at radius 3 is 1.95 bits per heavy atom.